The molecule has 150 valence electrons. The molecule has 2 heterocycles. The second kappa shape index (κ2) is 7.79. The van der Waals surface area contributed by atoms with Crippen molar-refractivity contribution in [3.63, 3.8) is 0 Å². The van der Waals surface area contributed by atoms with Crippen LogP contribution in [0.1, 0.15) is 12.8 Å². The van der Waals surface area contributed by atoms with Gasteiger partial charge in [0.25, 0.3) is 0 Å². The maximum atomic E-state index is 11.6. The number of primary sulfonamides is 1. The lowest BCUT2D eigenvalue weighted by atomic mass is 10.2. The normalized spacial score (nSPS) is 12.0. The van der Waals surface area contributed by atoms with Crippen LogP contribution in [-0.4, -0.2) is 28.1 Å². The monoisotopic (exact) mass is 449 g/mol. The van der Waals surface area contributed by atoms with E-state index in [1.165, 1.54) is 23.9 Å². The van der Waals surface area contributed by atoms with Crippen molar-refractivity contribution in [1.29, 1.82) is 0 Å². The summed E-state index contributed by atoms with van der Waals surface area (Å²) in [7, 11) is -3.78. The second-order valence-electron chi connectivity index (χ2n) is 6.14. The molecule has 8 nitrogen and oxygen atoms in total. The van der Waals surface area contributed by atoms with Crippen LogP contribution in [0.15, 0.2) is 57.0 Å². The van der Waals surface area contributed by atoms with Crippen LogP contribution in [0, 0.1) is 0 Å². The van der Waals surface area contributed by atoms with E-state index in [0.717, 1.165) is 16.2 Å². The molecular formula is C18H16ClN5O3S2. The molecule has 2 aromatic carbocycles. The van der Waals surface area contributed by atoms with Gasteiger partial charge >= 0.3 is 0 Å². The van der Waals surface area contributed by atoms with Gasteiger partial charge in [0.2, 0.25) is 21.7 Å². The van der Waals surface area contributed by atoms with E-state index in [1.807, 2.05) is 23.6 Å². The highest BCUT2D eigenvalue weighted by molar-refractivity contribution is 7.98. The Morgan fingerprint density at radius 2 is 1.93 bits per heavy atom. The van der Waals surface area contributed by atoms with Crippen LogP contribution in [-0.2, 0) is 22.3 Å². The first-order valence-corrected chi connectivity index (χ1v) is 11.5. The number of rotatable bonds is 6. The predicted octanol–water partition coefficient (Wildman–Crippen LogP) is 3.70. The van der Waals surface area contributed by atoms with Gasteiger partial charge in [0, 0.05) is 17.1 Å². The van der Waals surface area contributed by atoms with Crippen molar-refractivity contribution in [2.75, 3.05) is 0 Å². The van der Waals surface area contributed by atoms with Crippen molar-refractivity contribution < 1.29 is 12.9 Å². The zero-order chi connectivity index (χ0) is 20.6. The van der Waals surface area contributed by atoms with E-state index in [0.29, 0.717) is 34.6 Å². The third kappa shape index (κ3) is 4.15. The molecule has 0 fully saturated rings. The molecule has 0 spiro atoms. The molecule has 0 unspecified atom stereocenters. The van der Waals surface area contributed by atoms with Gasteiger partial charge in [-0.25, -0.2) is 18.5 Å². The van der Waals surface area contributed by atoms with Crippen LogP contribution < -0.4 is 5.14 Å². The fourth-order valence-corrected chi connectivity index (χ4v) is 4.41. The molecule has 2 aromatic heterocycles. The summed E-state index contributed by atoms with van der Waals surface area (Å²) in [4.78, 5) is 8.99. The van der Waals surface area contributed by atoms with Crippen molar-refractivity contribution >= 4 is 44.4 Å². The summed E-state index contributed by atoms with van der Waals surface area (Å²) in [6.45, 7) is 2.66. The molecule has 0 saturated carbocycles. The SMILES string of the molecule is CCn1c(SCc2nc(-c3ccc(Cl)cc3)no2)nc2cc(S(N)(=O)=O)ccc21. The highest BCUT2D eigenvalue weighted by atomic mass is 35.5. The van der Waals surface area contributed by atoms with Crippen molar-refractivity contribution in [2.45, 2.75) is 29.3 Å². The number of nitrogens with two attached hydrogens (primary N) is 1. The molecule has 4 aromatic rings. The van der Waals surface area contributed by atoms with Gasteiger partial charge in [0.15, 0.2) is 5.16 Å². The molecule has 0 bridgehead atoms. The van der Waals surface area contributed by atoms with Crippen LogP contribution in [0.4, 0.5) is 0 Å². The maximum Gasteiger partial charge on any atom is 0.238 e. The summed E-state index contributed by atoms with van der Waals surface area (Å²) in [5.41, 5.74) is 2.20. The number of aryl methyl sites for hydroxylation is 1. The molecule has 0 aliphatic carbocycles. The third-order valence-corrected chi connectivity index (χ3v) is 6.35. The lowest BCUT2D eigenvalue weighted by Crippen LogP contribution is -2.11. The molecule has 0 aliphatic rings. The smallest absolute Gasteiger partial charge is 0.238 e. The number of fused-ring (bicyclic) bond motifs is 1. The van der Waals surface area contributed by atoms with Gasteiger partial charge < -0.3 is 9.09 Å². The van der Waals surface area contributed by atoms with E-state index in [2.05, 4.69) is 15.1 Å². The van der Waals surface area contributed by atoms with Crippen LogP contribution in [0.5, 0.6) is 0 Å². The Bertz CT molecular complexity index is 1280. The summed E-state index contributed by atoms with van der Waals surface area (Å²) >= 11 is 7.33. The number of hydrogen-bond acceptors (Lipinski definition) is 7. The second-order valence-corrected chi connectivity index (χ2v) is 9.08. The molecule has 0 amide bonds. The van der Waals surface area contributed by atoms with Crippen molar-refractivity contribution in [2.24, 2.45) is 5.14 Å². The number of nitrogens with zero attached hydrogens (tertiary/aromatic N) is 4. The Hall–Kier alpha value is -2.40. The summed E-state index contributed by atoms with van der Waals surface area (Å²) < 4.78 is 30.5. The number of benzene rings is 2. The molecule has 0 aliphatic heterocycles. The standard InChI is InChI=1S/C18H16ClN5O3S2/c1-2-24-15-8-7-13(29(20,25)26)9-14(15)21-18(24)28-10-16-22-17(23-27-16)11-3-5-12(19)6-4-11/h3-9H,2,10H2,1H3,(H2,20,25,26). The van der Waals surface area contributed by atoms with Crippen LogP contribution >= 0.6 is 23.4 Å². The quantitative estimate of drug-likeness (QED) is 0.446. The van der Waals surface area contributed by atoms with E-state index in [-0.39, 0.29) is 4.90 Å². The fraction of sp³-hybridized carbons (Fsp3) is 0.167. The zero-order valence-electron chi connectivity index (χ0n) is 15.2. The number of hydrogen-bond donors (Lipinski definition) is 1. The summed E-state index contributed by atoms with van der Waals surface area (Å²) in [6, 6.07) is 11.8. The minimum atomic E-state index is -3.78. The number of thioether (sulfide) groups is 1. The van der Waals surface area contributed by atoms with Gasteiger partial charge in [-0.05, 0) is 49.4 Å². The Morgan fingerprint density at radius 3 is 2.62 bits per heavy atom. The summed E-state index contributed by atoms with van der Waals surface area (Å²) in [5.74, 6) is 1.37. The Morgan fingerprint density at radius 1 is 1.17 bits per heavy atom. The molecule has 2 N–H and O–H groups in total. The molecule has 29 heavy (non-hydrogen) atoms. The van der Waals surface area contributed by atoms with Gasteiger partial charge in [-0.1, -0.05) is 28.5 Å². The van der Waals surface area contributed by atoms with E-state index in [9.17, 15) is 8.42 Å². The molecule has 0 saturated heterocycles. The number of halogens is 1. The van der Waals surface area contributed by atoms with Crippen molar-refractivity contribution in [3.05, 3.63) is 53.4 Å². The lowest BCUT2D eigenvalue weighted by molar-refractivity contribution is 0.391. The largest absolute Gasteiger partial charge is 0.338 e. The topological polar surface area (TPSA) is 117 Å². The molecule has 0 atom stereocenters. The Kier molecular flexibility index (Phi) is 5.34. The first-order chi connectivity index (χ1) is 13.8. The van der Waals surface area contributed by atoms with E-state index < -0.39 is 10.0 Å². The lowest BCUT2D eigenvalue weighted by Gasteiger charge is -2.04. The summed E-state index contributed by atoms with van der Waals surface area (Å²) in [6.07, 6.45) is 0. The average Bonchev–Trinajstić information content (AvgIpc) is 3.29. The molecule has 4 rings (SSSR count). The van der Waals surface area contributed by atoms with Crippen LogP contribution in [0.3, 0.4) is 0 Å². The van der Waals surface area contributed by atoms with Gasteiger partial charge in [0.05, 0.1) is 21.7 Å². The number of sulfonamides is 1. The minimum Gasteiger partial charge on any atom is -0.338 e. The van der Waals surface area contributed by atoms with Gasteiger partial charge in [-0.15, -0.1) is 0 Å². The van der Waals surface area contributed by atoms with Gasteiger partial charge in [0.1, 0.15) is 0 Å². The molecule has 0 radical (unpaired) electrons. The Labute approximate surface area is 176 Å². The molecular weight excluding hydrogens is 434 g/mol. The van der Waals surface area contributed by atoms with E-state index in [4.69, 9.17) is 21.3 Å². The van der Waals surface area contributed by atoms with Gasteiger partial charge in [-0.3, -0.25) is 0 Å². The van der Waals surface area contributed by atoms with E-state index >= 15 is 0 Å². The first kappa shape index (κ1) is 19.9. The third-order valence-electron chi connectivity index (χ3n) is 4.22. The first-order valence-electron chi connectivity index (χ1n) is 8.59. The zero-order valence-corrected chi connectivity index (χ0v) is 17.6. The Balaban J connectivity index is 1.57. The van der Waals surface area contributed by atoms with Crippen LogP contribution in [0.25, 0.3) is 22.4 Å². The van der Waals surface area contributed by atoms with E-state index in [1.54, 1.807) is 18.2 Å². The maximum absolute atomic E-state index is 11.6. The predicted molar refractivity (Wildman–Crippen MR) is 111 cm³/mol. The highest BCUT2D eigenvalue weighted by Gasteiger charge is 2.16. The number of aromatic nitrogens is 4. The average molecular weight is 450 g/mol. The molecule has 11 heteroatoms. The van der Waals surface area contributed by atoms with Crippen molar-refractivity contribution in [1.82, 2.24) is 19.7 Å². The van der Waals surface area contributed by atoms with Gasteiger partial charge in [-0.2, -0.15) is 4.98 Å². The number of imidazole rings is 1. The minimum absolute atomic E-state index is 0.0341. The fourth-order valence-electron chi connectivity index (χ4n) is 2.84. The van der Waals surface area contributed by atoms with Crippen molar-refractivity contribution in [3.8, 4) is 11.4 Å². The summed E-state index contributed by atoms with van der Waals surface area (Å²) in [5, 5.41) is 10.6. The van der Waals surface area contributed by atoms with Crippen LogP contribution in [0.2, 0.25) is 5.02 Å². The highest BCUT2D eigenvalue weighted by Crippen LogP contribution is 2.28.